The minimum atomic E-state index is -1.51. The third-order valence-corrected chi connectivity index (χ3v) is 1.45. The number of hydrogen-bond donors (Lipinski definition) is 5. The zero-order valence-corrected chi connectivity index (χ0v) is 7.34. The molecular formula is C7H15NO5. The van der Waals surface area contributed by atoms with Gasteiger partial charge in [-0.3, -0.25) is 4.79 Å². The van der Waals surface area contributed by atoms with Crippen molar-refractivity contribution < 1.29 is 25.2 Å². The van der Waals surface area contributed by atoms with Gasteiger partial charge >= 0.3 is 0 Å². The Morgan fingerprint density at radius 3 is 2.31 bits per heavy atom. The number of carbonyl (C=O) groups excluding carboxylic acids is 1. The van der Waals surface area contributed by atoms with Crippen LogP contribution in [0.3, 0.4) is 0 Å². The summed E-state index contributed by atoms with van der Waals surface area (Å²) in [5.41, 5.74) is 0. The second kappa shape index (κ2) is 5.87. The van der Waals surface area contributed by atoms with Crippen molar-refractivity contribution in [2.75, 3.05) is 13.2 Å². The maximum atomic E-state index is 10.9. The first-order valence-corrected chi connectivity index (χ1v) is 3.91. The van der Waals surface area contributed by atoms with Gasteiger partial charge in [-0.2, -0.15) is 0 Å². The summed E-state index contributed by atoms with van der Waals surface area (Å²) in [6, 6.07) is 0. The predicted molar refractivity (Wildman–Crippen MR) is 43.8 cm³/mol. The van der Waals surface area contributed by atoms with Crippen LogP contribution in [-0.4, -0.2) is 57.8 Å². The molecule has 13 heavy (non-hydrogen) atoms. The largest absolute Gasteiger partial charge is 0.394 e. The third-order valence-electron chi connectivity index (χ3n) is 1.45. The number of carbonyl (C=O) groups is 1. The molecule has 0 aromatic heterocycles. The van der Waals surface area contributed by atoms with Crippen molar-refractivity contribution in [3.8, 4) is 0 Å². The average molecular weight is 193 g/mol. The molecule has 6 heteroatoms. The minimum Gasteiger partial charge on any atom is -0.394 e. The molecule has 0 bridgehead atoms. The lowest BCUT2D eigenvalue weighted by molar-refractivity contribution is -0.134. The summed E-state index contributed by atoms with van der Waals surface area (Å²) in [5.74, 6) is -0.775. The Balaban J connectivity index is 3.74. The quantitative estimate of drug-likeness (QED) is 0.324. The second-order valence-electron chi connectivity index (χ2n) is 2.77. The maximum Gasteiger partial charge on any atom is 0.251 e. The van der Waals surface area contributed by atoms with Gasteiger partial charge in [-0.15, -0.1) is 0 Å². The molecule has 78 valence electrons. The molecule has 0 rings (SSSR count). The highest BCUT2D eigenvalue weighted by atomic mass is 16.3. The molecule has 0 saturated heterocycles. The van der Waals surface area contributed by atoms with Crippen LogP contribution < -0.4 is 5.32 Å². The molecule has 0 fully saturated rings. The summed E-state index contributed by atoms with van der Waals surface area (Å²) in [7, 11) is 0. The number of hydrogen-bond acceptors (Lipinski definition) is 5. The molecule has 0 aliphatic heterocycles. The van der Waals surface area contributed by atoms with Crippen molar-refractivity contribution >= 4 is 5.91 Å². The summed E-state index contributed by atoms with van der Waals surface area (Å²) in [6.45, 7) is 0.650. The van der Waals surface area contributed by atoms with E-state index >= 15 is 0 Å². The molecule has 0 heterocycles. The lowest BCUT2D eigenvalue weighted by Gasteiger charge is -2.14. The van der Waals surface area contributed by atoms with E-state index in [1.54, 1.807) is 0 Å². The molecule has 3 atom stereocenters. The average Bonchev–Trinajstić information content (AvgIpc) is 2.11. The van der Waals surface area contributed by atoms with Crippen LogP contribution in [0.15, 0.2) is 0 Å². The van der Waals surface area contributed by atoms with E-state index in [2.05, 4.69) is 5.32 Å². The first-order valence-electron chi connectivity index (χ1n) is 3.91. The van der Waals surface area contributed by atoms with Gasteiger partial charge in [-0.1, -0.05) is 0 Å². The molecule has 0 aliphatic carbocycles. The van der Waals surface area contributed by atoms with E-state index in [-0.39, 0.29) is 6.54 Å². The van der Waals surface area contributed by atoms with E-state index in [0.29, 0.717) is 0 Å². The number of amides is 1. The van der Waals surface area contributed by atoms with Crippen molar-refractivity contribution in [1.29, 1.82) is 0 Å². The van der Waals surface area contributed by atoms with Gasteiger partial charge in [0.05, 0.1) is 18.8 Å². The van der Waals surface area contributed by atoms with Gasteiger partial charge in [0.2, 0.25) is 0 Å². The maximum absolute atomic E-state index is 10.9. The Morgan fingerprint density at radius 2 is 1.92 bits per heavy atom. The lowest BCUT2D eigenvalue weighted by atomic mass is 10.2. The Hall–Kier alpha value is -0.690. The zero-order chi connectivity index (χ0) is 10.4. The topological polar surface area (TPSA) is 110 Å². The molecule has 0 aliphatic rings. The Labute approximate surface area is 75.8 Å². The zero-order valence-electron chi connectivity index (χ0n) is 7.34. The van der Waals surface area contributed by atoms with E-state index in [1.165, 1.54) is 6.92 Å². The summed E-state index contributed by atoms with van der Waals surface area (Å²) in [6.07, 6.45) is -3.72. The first kappa shape index (κ1) is 12.3. The van der Waals surface area contributed by atoms with Crippen molar-refractivity contribution in [1.82, 2.24) is 5.32 Å². The van der Waals surface area contributed by atoms with Crippen LogP contribution in [0, 0.1) is 0 Å². The van der Waals surface area contributed by atoms with Crippen molar-refractivity contribution in [3.63, 3.8) is 0 Å². The van der Waals surface area contributed by atoms with Gasteiger partial charge < -0.3 is 25.7 Å². The van der Waals surface area contributed by atoms with Crippen molar-refractivity contribution in [3.05, 3.63) is 0 Å². The number of aliphatic hydroxyl groups excluding tert-OH is 4. The predicted octanol–water partition coefficient (Wildman–Crippen LogP) is -2.80. The van der Waals surface area contributed by atoms with Crippen molar-refractivity contribution in [2.24, 2.45) is 0 Å². The lowest BCUT2D eigenvalue weighted by Crippen LogP contribution is -2.44. The van der Waals surface area contributed by atoms with Crippen LogP contribution >= 0.6 is 0 Å². The highest BCUT2D eigenvalue weighted by molar-refractivity contribution is 5.81. The van der Waals surface area contributed by atoms with E-state index < -0.39 is 30.8 Å². The molecule has 0 radical (unpaired) electrons. The van der Waals surface area contributed by atoms with E-state index in [0.717, 1.165) is 0 Å². The minimum absolute atomic E-state index is 0.154. The highest BCUT2D eigenvalue weighted by Gasteiger charge is 2.20. The van der Waals surface area contributed by atoms with Gasteiger partial charge in [0.25, 0.3) is 5.91 Å². The van der Waals surface area contributed by atoms with Gasteiger partial charge in [-0.05, 0) is 6.92 Å². The molecule has 0 aromatic carbocycles. The van der Waals surface area contributed by atoms with E-state index in [4.69, 9.17) is 20.4 Å². The molecule has 5 N–H and O–H groups in total. The molecule has 1 unspecified atom stereocenters. The summed E-state index contributed by atoms with van der Waals surface area (Å²) in [4.78, 5) is 10.9. The molecule has 0 saturated carbocycles. The van der Waals surface area contributed by atoms with Gasteiger partial charge in [0.15, 0.2) is 6.10 Å². The number of aliphatic hydroxyl groups is 4. The van der Waals surface area contributed by atoms with Crippen LogP contribution in [0.2, 0.25) is 0 Å². The number of nitrogens with one attached hydrogen (secondary N) is 1. The summed E-state index contributed by atoms with van der Waals surface area (Å²) >= 11 is 0. The van der Waals surface area contributed by atoms with Gasteiger partial charge in [-0.25, -0.2) is 0 Å². The monoisotopic (exact) mass is 193 g/mol. The smallest absolute Gasteiger partial charge is 0.251 e. The first-order chi connectivity index (χ1) is 5.99. The van der Waals surface area contributed by atoms with E-state index in [9.17, 15) is 4.79 Å². The standard InChI is InChI=1S/C7H15NO5/c1-4(10)6(12)7(13)8-2-5(11)3-9/h4-6,9-12H,2-3H2,1H3,(H,8,13)/t4-,5?,6+/m0/s1. The van der Waals surface area contributed by atoms with Crippen LogP contribution in [-0.2, 0) is 4.79 Å². The van der Waals surface area contributed by atoms with Crippen LogP contribution in [0.5, 0.6) is 0 Å². The summed E-state index contributed by atoms with van der Waals surface area (Å²) in [5, 5.41) is 37.1. The van der Waals surface area contributed by atoms with Crippen molar-refractivity contribution in [2.45, 2.75) is 25.2 Å². The third kappa shape index (κ3) is 4.79. The highest BCUT2D eigenvalue weighted by Crippen LogP contribution is 1.91. The van der Waals surface area contributed by atoms with E-state index in [1.807, 2.05) is 0 Å². The number of rotatable bonds is 5. The summed E-state index contributed by atoms with van der Waals surface area (Å²) < 4.78 is 0. The molecular weight excluding hydrogens is 178 g/mol. The Kier molecular flexibility index (Phi) is 5.56. The Bertz CT molecular complexity index is 161. The second-order valence-corrected chi connectivity index (χ2v) is 2.77. The fourth-order valence-corrected chi connectivity index (χ4v) is 0.607. The fraction of sp³-hybridized carbons (Fsp3) is 0.857. The molecule has 6 nitrogen and oxygen atoms in total. The molecule has 1 amide bonds. The normalized spacial score (nSPS) is 17.6. The van der Waals surface area contributed by atoms with Crippen LogP contribution in [0.1, 0.15) is 6.92 Å². The van der Waals surface area contributed by atoms with Gasteiger partial charge in [0.1, 0.15) is 0 Å². The molecule has 0 aromatic rings. The van der Waals surface area contributed by atoms with Gasteiger partial charge in [0, 0.05) is 6.54 Å². The van der Waals surface area contributed by atoms with Crippen LogP contribution in [0.25, 0.3) is 0 Å². The fourth-order valence-electron chi connectivity index (χ4n) is 0.607. The molecule has 0 spiro atoms. The Morgan fingerprint density at radius 1 is 1.38 bits per heavy atom. The van der Waals surface area contributed by atoms with Crippen LogP contribution in [0.4, 0.5) is 0 Å². The SMILES string of the molecule is C[C@H](O)[C@@H](O)C(=O)NCC(O)CO.